The van der Waals surface area contributed by atoms with Crippen molar-refractivity contribution in [3.05, 3.63) is 93.6 Å². The highest BCUT2D eigenvalue weighted by Crippen LogP contribution is 2.35. The van der Waals surface area contributed by atoms with Crippen molar-refractivity contribution < 1.29 is 8.42 Å². The van der Waals surface area contributed by atoms with Crippen LogP contribution in [0.4, 0.5) is 11.5 Å². The number of benzene rings is 3. The van der Waals surface area contributed by atoms with Gasteiger partial charge in [-0.15, -0.1) is 0 Å². The molecule has 0 saturated heterocycles. The minimum Gasteiger partial charge on any atom is -0.338 e. The topological polar surface area (TPSA) is 64.0 Å². The predicted octanol–water partition coefficient (Wildman–Crippen LogP) is 6.28. The number of hydrogen-bond acceptors (Lipinski definition) is 4. The summed E-state index contributed by atoms with van der Waals surface area (Å²) >= 11 is 7.06. The molecule has 0 unspecified atom stereocenters. The Bertz CT molecular complexity index is 1320. The van der Waals surface area contributed by atoms with Crippen molar-refractivity contribution in [2.45, 2.75) is 16.8 Å². The quantitative estimate of drug-likeness (QED) is 0.320. The van der Waals surface area contributed by atoms with Crippen molar-refractivity contribution in [1.82, 2.24) is 9.55 Å². The third kappa shape index (κ3) is 3.95. The zero-order valence-corrected chi connectivity index (χ0v) is 19.9. The van der Waals surface area contributed by atoms with Crippen LogP contribution in [0.25, 0.3) is 5.69 Å². The summed E-state index contributed by atoms with van der Waals surface area (Å²) in [6, 6.07) is 21.8. The average Bonchev–Trinajstić information content (AvgIpc) is 3.14. The molecule has 0 saturated carbocycles. The number of nitrogens with zero attached hydrogens (tertiary/aromatic N) is 2. The lowest BCUT2D eigenvalue weighted by Crippen LogP contribution is -2.08. The standard InChI is InChI=1S/C22H17Br2N3O2S/c1-15-10-12-16(13-11-15)30(28,29)22-21(26-19-8-4-2-6-17(19)23)27(14-25-22)20-9-5-3-7-18(20)24/h2-14,26H,1H3. The number of imidazole rings is 1. The monoisotopic (exact) mass is 545 g/mol. The van der Waals surface area contributed by atoms with Gasteiger partial charge in [0.2, 0.25) is 14.9 Å². The van der Waals surface area contributed by atoms with Gasteiger partial charge in [0.05, 0.1) is 16.3 Å². The largest absolute Gasteiger partial charge is 0.338 e. The molecule has 0 radical (unpaired) electrons. The highest BCUT2D eigenvalue weighted by Gasteiger charge is 2.27. The fourth-order valence-electron chi connectivity index (χ4n) is 2.99. The first-order valence-corrected chi connectivity index (χ1v) is 12.1. The Kier molecular flexibility index (Phi) is 5.81. The Balaban J connectivity index is 1.92. The summed E-state index contributed by atoms with van der Waals surface area (Å²) in [5, 5.41) is 3.21. The molecular formula is C22H17Br2N3O2S. The fourth-order valence-corrected chi connectivity index (χ4v) is 5.16. The van der Waals surface area contributed by atoms with E-state index in [1.165, 1.54) is 6.33 Å². The van der Waals surface area contributed by atoms with Gasteiger partial charge in [0.15, 0.2) is 5.82 Å². The molecule has 0 bridgehead atoms. The van der Waals surface area contributed by atoms with Gasteiger partial charge >= 0.3 is 0 Å². The van der Waals surface area contributed by atoms with Gasteiger partial charge in [0, 0.05) is 8.95 Å². The molecule has 5 nitrogen and oxygen atoms in total. The van der Waals surface area contributed by atoms with E-state index in [1.54, 1.807) is 28.8 Å². The molecule has 0 amide bonds. The third-order valence-corrected chi connectivity index (χ3v) is 7.62. The van der Waals surface area contributed by atoms with Crippen LogP contribution in [0, 0.1) is 6.92 Å². The first-order chi connectivity index (χ1) is 14.4. The van der Waals surface area contributed by atoms with Crippen molar-refractivity contribution >= 4 is 53.2 Å². The van der Waals surface area contributed by atoms with E-state index in [4.69, 9.17) is 0 Å². The second-order valence-electron chi connectivity index (χ2n) is 6.64. The van der Waals surface area contributed by atoms with Gasteiger partial charge in [0.1, 0.15) is 6.33 Å². The molecule has 4 aromatic rings. The molecule has 0 aliphatic rings. The SMILES string of the molecule is Cc1ccc(S(=O)(=O)c2ncn(-c3ccccc3Br)c2Nc2ccccc2Br)cc1. The molecule has 1 heterocycles. The van der Waals surface area contributed by atoms with E-state index in [0.717, 1.165) is 25.9 Å². The molecule has 1 N–H and O–H groups in total. The second-order valence-corrected chi connectivity index (χ2v) is 10.2. The Hall–Kier alpha value is -2.42. The average molecular weight is 547 g/mol. The van der Waals surface area contributed by atoms with Gasteiger partial charge in [-0.2, -0.15) is 0 Å². The number of para-hydroxylation sites is 2. The molecule has 0 aliphatic carbocycles. The summed E-state index contributed by atoms with van der Waals surface area (Å²) in [6.07, 6.45) is 1.51. The molecule has 0 fully saturated rings. The molecule has 8 heteroatoms. The number of nitrogens with one attached hydrogen (secondary N) is 1. The normalized spacial score (nSPS) is 11.4. The van der Waals surface area contributed by atoms with E-state index in [2.05, 4.69) is 42.2 Å². The maximum absolute atomic E-state index is 13.4. The summed E-state index contributed by atoms with van der Waals surface area (Å²) in [6.45, 7) is 1.91. The number of rotatable bonds is 5. The maximum atomic E-state index is 13.4. The number of hydrogen-bond donors (Lipinski definition) is 1. The third-order valence-electron chi connectivity index (χ3n) is 4.56. The molecule has 0 atom stereocenters. The van der Waals surface area contributed by atoms with Crippen LogP contribution in [-0.2, 0) is 9.84 Å². The van der Waals surface area contributed by atoms with E-state index in [1.807, 2.05) is 55.5 Å². The number of anilines is 2. The lowest BCUT2D eigenvalue weighted by atomic mass is 10.2. The van der Waals surface area contributed by atoms with Crippen molar-refractivity contribution in [2.75, 3.05) is 5.32 Å². The first-order valence-electron chi connectivity index (χ1n) is 9.03. The molecule has 152 valence electrons. The molecule has 4 rings (SSSR count). The van der Waals surface area contributed by atoms with Crippen LogP contribution in [0.1, 0.15) is 5.56 Å². The molecule has 0 spiro atoms. The van der Waals surface area contributed by atoms with Crippen LogP contribution in [0.3, 0.4) is 0 Å². The molecule has 0 aliphatic heterocycles. The van der Waals surface area contributed by atoms with Crippen LogP contribution >= 0.6 is 31.9 Å². The minimum absolute atomic E-state index is 0.0436. The zero-order valence-electron chi connectivity index (χ0n) is 15.9. The summed E-state index contributed by atoms with van der Waals surface area (Å²) in [4.78, 5) is 4.50. The number of halogens is 2. The van der Waals surface area contributed by atoms with E-state index in [9.17, 15) is 8.42 Å². The maximum Gasteiger partial charge on any atom is 0.227 e. The predicted molar refractivity (Wildman–Crippen MR) is 125 cm³/mol. The molecule has 30 heavy (non-hydrogen) atoms. The van der Waals surface area contributed by atoms with E-state index in [0.29, 0.717) is 5.82 Å². The van der Waals surface area contributed by atoms with Crippen molar-refractivity contribution in [3.63, 3.8) is 0 Å². The van der Waals surface area contributed by atoms with Crippen molar-refractivity contribution in [3.8, 4) is 5.69 Å². The molecule has 1 aromatic heterocycles. The Morgan fingerprint density at radius 3 is 2.17 bits per heavy atom. The molecule has 3 aromatic carbocycles. The highest BCUT2D eigenvalue weighted by molar-refractivity contribution is 9.11. The van der Waals surface area contributed by atoms with Gasteiger partial charge in [-0.3, -0.25) is 4.57 Å². The van der Waals surface area contributed by atoms with Crippen LogP contribution in [0.2, 0.25) is 0 Å². The van der Waals surface area contributed by atoms with Crippen LogP contribution in [0.15, 0.2) is 98.0 Å². The number of aryl methyl sites for hydroxylation is 1. The summed E-state index contributed by atoms with van der Waals surface area (Å²) in [7, 11) is -3.84. The lowest BCUT2D eigenvalue weighted by molar-refractivity contribution is 0.593. The van der Waals surface area contributed by atoms with Crippen LogP contribution in [0.5, 0.6) is 0 Å². The van der Waals surface area contributed by atoms with Gasteiger partial charge in [0.25, 0.3) is 0 Å². The summed E-state index contributed by atoms with van der Waals surface area (Å²) in [5.74, 6) is 0.356. The Morgan fingerprint density at radius 1 is 0.867 bits per heavy atom. The first kappa shape index (κ1) is 20.8. The van der Waals surface area contributed by atoms with Crippen LogP contribution in [-0.4, -0.2) is 18.0 Å². The van der Waals surface area contributed by atoms with Crippen molar-refractivity contribution in [1.29, 1.82) is 0 Å². The minimum atomic E-state index is -3.84. The van der Waals surface area contributed by atoms with E-state index >= 15 is 0 Å². The molecular weight excluding hydrogens is 530 g/mol. The smallest absolute Gasteiger partial charge is 0.227 e. The van der Waals surface area contributed by atoms with E-state index in [-0.39, 0.29) is 9.92 Å². The number of sulfone groups is 1. The van der Waals surface area contributed by atoms with Gasteiger partial charge in [-0.05, 0) is 75.2 Å². The summed E-state index contributed by atoms with van der Waals surface area (Å²) < 4.78 is 30.2. The van der Waals surface area contributed by atoms with Gasteiger partial charge < -0.3 is 5.32 Å². The Morgan fingerprint density at radius 2 is 1.50 bits per heavy atom. The fraction of sp³-hybridized carbons (Fsp3) is 0.0455. The Labute approximate surface area is 192 Å². The number of aromatic nitrogens is 2. The van der Waals surface area contributed by atoms with Gasteiger partial charge in [-0.25, -0.2) is 13.4 Å². The van der Waals surface area contributed by atoms with Crippen molar-refractivity contribution in [2.24, 2.45) is 0 Å². The summed E-state index contributed by atoms with van der Waals surface area (Å²) in [5.41, 5.74) is 2.48. The highest BCUT2D eigenvalue weighted by atomic mass is 79.9. The lowest BCUT2D eigenvalue weighted by Gasteiger charge is -2.15. The van der Waals surface area contributed by atoms with Crippen LogP contribution < -0.4 is 5.32 Å². The van der Waals surface area contributed by atoms with E-state index < -0.39 is 9.84 Å². The van der Waals surface area contributed by atoms with Gasteiger partial charge in [-0.1, -0.05) is 42.0 Å². The second kappa shape index (κ2) is 8.37. The zero-order chi connectivity index (χ0) is 21.3.